The number of nitrogens with zero attached hydrogens (tertiary/aromatic N) is 1. The van der Waals surface area contributed by atoms with Crippen LogP contribution in [0.3, 0.4) is 0 Å². The van der Waals surface area contributed by atoms with E-state index < -0.39 is 0 Å². The molecule has 72 valence electrons. The molecule has 0 aliphatic carbocycles. The third-order valence-electron chi connectivity index (χ3n) is 1.78. The Morgan fingerprint density at radius 3 is 2.50 bits per heavy atom. The van der Waals surface area contributed by atoms with E-state index in [4.69, 9.17) is 11.6 Å². The van der Waals surface area contributed by atoms with Gasteiger partial charge in [-0.3, -0.25) is 4.79 Å². The number of hydrogen-bond donors (Lipinski definition) is 0. The van der Waals surface area contributed by atoms with Gasteiger partial charge in [0.1, 0.15) is 0 Å². The minimum atomic E-state index is 0.144. The fourth-order valence-electron chi connectivity index (χ4n) is 0.848. The van der Waals surface area contributed by atoms with Crippen LogP contribution in [0.25, 0.3) is 0 Å². The Balaban J connectivity index is 3.56. The molecule has 0 radical (unpaired) electrons. The summed E-state index contributed by atoms with van der Waals surface area (Å²) in [5.41, 5.74) is 0. The Morgan fingerprint density at radius 1 is 1.50 bits per heavy atom. The van der Waals surface area contributed by atoms with E-state index in [1.54, 1.807) is 4.90 Å². The first-order chi connectivity index (χ1) is 5.57. The highest BCUT2D eigenvalue weighted by atomic mass is 35.5. The highest BCUT2D eigenvalue weighted by molar-refractivity contribution is 6.18. The van der Waals surface area contributed by atoms with E-state index in [2.05, 4.69) is 13.8 Å². The van der Waals surface area contributed by atoms with Gasteiger partial charge in [-0.2, -0.15) is 0 Å². The van der Waals surface area contributed by atoms with Gasteiger partial charge in [0.05, 0.1) is 0 Å². The lowest BCUT2D eigenvalue weighted by Gasteiger charge is -2.17. The highest BCUT2D eigenvalue weighted by Gasteiger charge is 2.07. The minimum Gasteiger partial charge on any atom is -0.346 e. The van der Waals surface area contributed by atoms with Crippen LogP contribution in [0, 0.1) is 5.92 Å². The average molecular weight is 192 g/mol. The molecule has 0 atom stereocenters. The minimum absolute atomic E-state index is 0.144. The molecule has 0 rings (SSSR count). The number of amides is 1. The van der Waals surface area contributed by atoms with Crippen LogP contribution in [0.15, 0.2) is 0 Å². The van der Waals surface area contributed by atoms with Gasteiger partial charge < -0.3 is 4.90 Å². The van der Waals surface area contributed by atoms with Crippen molar-refractivity contribution in [2.75, 3.05) is 19.5 Å². The Labute approximate surface area is 79.9 Å². The summed E-state index contributed by atoms with van der Waals surface area (Å²) in [5, 5.41) is 0. The molecule has 0 spiro atoms. The van der Waals surface area contributed by atoms with Gasteiger partial charge in [0.15, 0.2) is 0 Å². The average Bonchev–Trinajstić information content (AvgIpc) is 2.00. The predicted molar refractivity (Wildman–Crippen MR) is 52.4 cm³/mol. The normalized spacial score (nSPS) is 10.4. The Kier molecular flexibility index (Phi) is 6.17. The molecule has 0 aromatic heterocycles. The summed E-state index contributed by atoms with van der Waals surface area (Å²) < 4.78 is 0. The third-order valence-corrected chi connectivity index (χ3v) is 1.96. The maximum absolute atomic E-state index is 11.2. The van der Waals surface area contributed by atoms with Gasteiger partial charge in [-0.15, -0.1) is 11.6 Å². The molecule has 0 unspecified atom stereocenters. The van der Waals surface area contributed by atoms with Crippen LogP contribution in [0.2, 0.25) is 0 Å². The topological polar surface area (TPSA) is 20.3 Å². The molecule has 0 heterocycles. The second kappa shape index (κ2) is 6.30. The van der Waals surface area contributed by atoms with Crippen molar-refractivity contribution in [2.45, 2.75) is 26.7 Å². The number of carbonyl (C=O) groups excluding carboxylic acids is 1. The summed E-state index contributed by atoms with van der Waals surface area (Å²) in [6.07, 6.45) is 1.51. The molecule has 0 fully saturated rings. The number of alkyl halides is 1. The van der Waals surface area contributed by atoms with Crippen LogP contribution in [0.5, 0.6) is 0 Å². The van der Waals surface area contributed by atoms with E-state index in [9.17, 15) is 4.79 Å². The molecule has 12 heavy (non-hydrogen) atoms. The highest BCUT2D eigenvalue weighted by Crippen LogP contribution is 2.02. The van der Waals surface area contributed by atoms with Crippen molar-refractivity contribution in [1.82, 2.24) is 4.90 Å². The fourth-order valence-corrected chi connectivity index (χ4v) is 1.01. The molecular weight excluding hydrogens is 174 g/mol. The van der Waals surface area contributed by atoms with Crippen LogP contribution in [0.1, 0.15) is 26.7 Å². The van der Waals surface area contributed by atoms with Gasteiger partial charge in [-0.25, -0.2) is 0 Å². The van der Waals surface area contributed by atoms with Crippen molar-refractivity contribution in [3.63, 3.8) is 0 Å². The summed E-state index contributed by atoms with van der Waals surface area (Å²) in [4.78, 5) is 12.9. The smallest absolute Gasteiger partial charge is 0.223 e. The monoisotopic (exact) mass is 191 g/mol. The van der Waals surface area contributed by atoms with E-state index in [0.29, 0.717) is 18.2 Å². The quantitative estimate of drug-likeness (QED) is 0.610. The van der Waals surface area contributed by atoms with E-state index in [-0.39, 0.29) is 5.91 Å². The molecular formula is C9H18ClNO. The third kappa shape index (κ3) is 5.42. The van der Waals surface area contributed by atoms with E-state index in [1.165, 1.54) is 0 Å². The molecule has 0 aromatic rings. The lowest BCUT2D eigenvalue weighted by atomic mass is 10.1. The molecule has 0 N–H and O–H groups in total. The summed E-state index contributed by atoms with van der Waals surface area (Å²) in [7, 11) is 1.83. The molecule has 0 aliphatic heterocycles. The van der Waals surface area contributed by atoms with Gasteiger partial charge in [0, 0.05) is 25.9 Å². The predicted octanol–water partition coefficient (Wildman–Crippen LogP) is 2.12. The Morgan fingerprint density at radius 2 is 2.08 bits per heavy atom. The lowest BCUT2D eigenvalue weighted by molar-refractivity contribution is -0.129. The van der Waals surface area contributed by atoms with Gasteiger partial charge in [-0.05, 0) is 12.3 Å². The van der Waals surface area contributed by atoms with Crippen molar-refractivity contribution >= 4 is 17.5 Å². The van der Waals surface area contributed by atoms with Crippen LogP contribution in [-0.2, 0) is 4.79 Å². The SMILES string of the molecule is CC(C)CCN(C)C(=O)CCCl. The number of carbonyl (C=O) groups is 1. The van der Waals surface area contributed by atoms with Gasteiger partial charge >= 0.3 is 0 Å². The Bertz CT molecular complexity index is 136. The molecule has 3 heteroatoms. The molecule has 0 aromatic carbocycles. The summed E-state index contributed by atoms with van der Waals surface area (Å²) in [5.74, 6) is 1.21. The first kappa shape index (κ1) is 11.8. The maximum atomic E-state index is 11.2. The number of rotatable bonds is 5. The van der Waals surface area contributed by atoms with Crippen LogP contribution in [0.4, 0.5) is 0 Å². The zero-order valence-electron chi connectivity index (χ0n) is 8.14. The van der Waals surface area contributed by atoms with Crippen molar-refractivity contribution in [3.8, 4) is 0 Å². The van der Waals surface area contributed by atoms with Crippen LogP contribution >= 0.6 is 11.6 Å². The summed E-state index contributed by atoms with van der Waals surface area (Å²) in [6.45, 7) is 5.15. The molecule has 0 saturated carbocycles. The number of halogens is 1. The van der Waals surface area contributed by atoms with Crippen molar-refractivity contribution in [1.29, 1.82) is 0 Å². The van der Waals surface area contributed by atoms with Crippen molar-refractivity contribution < 1.29 is 4.79 Å². The first-order valence-corrected chi connectivity index (χ1v) is 4.91. The zero-order chi connectivity index (χ0) is 9.56. The zero-order valence-corrected chi connectivity index (χ0v) is 8.90. The van der Waals surface area contributed by atoms with Gasteiger partial charge in [0.25, 0.3) is 0 Å². The van der Waals surface area contributed by atoms with Gasteiger partial charge in [0.2, 0.25) is 5.91 Å². The van der Waals surface area contributed by atoms with Crippen LogP contribution in [-0.4, -0.2) is 30.3 Å². The van der Waals surface area contributed by atoms with E-state index >= 15 is 0 Å². The van der Waals surface area contributed by atoms with E-state index in [0.717, 1.165) is 13.0 Å². The lowest BCUT2D eigenvalue weighted by Crippen LogP contribution is -2.28. The molecule has 2 nitrogen and oxygen atoms in total. The fraction of sp³-hybridized carbons (Fsp3) is 0.889. The maximum Gasteiger partial charge on any atom is 0.223 e. The van der Waals surface area contributed by atoms with Crippen molar-refractivity contribution in [2.24, 2.45) is 5.92 Å². The molecule has 0 aliphatic rings. The van der Waals surface area contributed by atoms with E-state index in [1.807, 2.05) is 7.05 Å². The molecule has 0 bridgehead atoms. The first-order valence-electron chi connectivity index (χ1n) is 4.37. The Hall–Kier alpha value is -0.240. The van der Waals surface area contributed by atoms with Gasteiger partial charge in [-0.1, -0.05) is 13.8 Å². The summed E-state index contributed by atoms with van der Waals surface area (Å²) >= 11 is 5.46. The molecule has 0 saturated heterocycles. The number of hydrogen-bond acceptors (Lipinski definition) is 1. The second-order valence-corrected chi connectivity index (χ2v) is 3.81. The van der Waals surface area contributed by atoms with Crippen molar-refractivity contribution in [3.05, 3.63) is 0 Å². The largest absolute Gasteiger partial charge is 0.346 e. The standard InChI is InChI=1S/C9H18ClNO/c1-8(2)5-7-11(3)9(12)4-6-10/h8H,4-7H2,1-3H3. The second-order valence-electron chi connectivity index (χ2n) is 3.44. The summed E-state index contributed by atoms with van der Waals surface area (Å²) in [6, 6.07) is 0. The molecule has 1 amide bonds. The van der Waals surface area contributed by atoms with Crippen LogP contribution < -0.4 is 0 Å².